The van der Waals surface area contributed by atoms with Crippen LogP contribution in [0.15, 0.2) is 0 Å². The lowest BCUT2D eigenvalue weighted by atomic mass is 9.95. The summed E-state index contributed by atoms with van der Waals surface area (Å²) in [7, 11) is -6.55. The van der Waals surface area contributed by atoms with E-state index in [9.17, 15) is 16.8 Å². The van der Waals surface area contributed by atoms with E-state index in [1.807, 2.05) is 6.92 Å². The van der Waals surface area contributed by atoms with Crippen LogP contribution >= 0.6 is 0 Å². The van der Waals surface area contributed by atoms with E-state index in [2.05, 4.69) is 5.32 Å². The largest absolute Gasteiger partial charge is 0.313 e. The third kappa shape index (κ3) is 4.85. The average molecular weight is 297 g/mol. The average Bonchev–Trinajstić information content (AvgIpc) is 2.27. The number of hydrogen-bond acceptors (Lipinski definition) is 5. The van der Waals surface area contributed by atoms with Gasteiger partial charge in [-0.25, -0.2) is 16.8 Å². The van der Waals surface area contributed by atoms with E-state index in [0.717, 1.165) is 32.1 Å². The van der Waals surface area contributed by atoms with E-state index in [-0.39, 0.29) is 17.5 Å². The molecule has 0 aromatic heterocycles. The molecule has 7 heteroatoms. The highest BCUT2D eigenvalue weighted by Crippen LogP contribution is 2.25. The summed E-state index contributed by atoms with van der Waals surface area (Å²) in [6.45, 7) is 2.69. The molecule has 0 aliphatic heterocycles. The second kappa shape index (κ2) is 6.34. The van der Waals surface area contributed by atoms with Gasteiger partial charge in [-0.1, -0.05) is 19.8 Å². The maximum absolute atomic E-state index is 12.2. The van der Waals surface area contributed by atoms with E-state index in [4.69, 9.17) is 0 Å². The normalized spacial score (nSPS) is 26.1. The first-order valence-electron chi connectivity index (χ1n) is 6.39. The quantitative estimate of drug-likeness (QED) is 0.766. The van der Waals surface area contributed by atoms with Crippen LogP contribution in [0.1, 0.15) is 32.6 Å². The van der Waals surface area contributed by atoms with Crippen molar-refractivity contribution in [2.45, 2.75) is 43.9 Å². The first-order valence-corrected chi connectivity index (χ1v) is 10.2. The third-order valence-corrected chi connectivity index (χ3v) is 6.83. The Balaban J connectivity index is 2.74. The van der Waals surface area contributed by atoms with E-state index >= 15 is 0 Å². The van der Waals surface area contributed by atoms with Gasteiger partial charge in [0.15, 0.2) is 9.84 Å². The Kier molecular flexibility index (Phi) is 5.61. The fraction of sp³-hybridized carbons (Fsp3) is 1.00. The zero-order valence-corrected chi connectivity index (χ0v) is 12.7. The van der Waals surface area contributed by atoms with E-state index in [1.165, 1.54) is 0 Å². The molecule has 1 N–H and O–H groups in total. The predicted octanol–water partition coefficient (Wildman–Crippen LogP) is 0.367. The van der Waals surface area contributed by atoms with Crippen LogP contribution in [0, 0.1) is 0 Å². The number of rotatable bonds is 6. The van der Waals surface area contributed by atoms with Gasteiger partial charge in [-0.05, 0) is 19.4 Å². The molecule has 1 aliphatic carbocycles. The van der Waals surface area contributed by atoms with Gasteiger partial charge in [0.05, 0.1) is 16.8 Å². The summed E-state index contributed by atoms with van der Waals surface area (Å²) in [5.74, 6) is -0.525. The van der Waals surface area contributed by atoms with E-state index < -0.39 is 24.9 Å². The Labute approximate surface area is 110 Å². The molecule has 1 fully saturated rings. The van der Waals surface area contributed by atoms with E-state index in [1.54, 1.807) is 0 Å². The van der Waals surface area contributed by atoms with Crippen molar-refractivity contribution >= 4 is 19.7 Å². The van der Waals surface area contributed by atoms with Crippen LogP contribution in [0.2, 0.25) is 0 Å². The highest BCUT2D eigenvalue weighted by molar-refractivity contribution is 7.95. The molecule has 0 aromatic rings. The summed E-state index contributed by atoms with van der Waals surface area (Å²) in [5.41, 5.74) is 0. The standard InChI is InChI=1S/C11H23NO4S2/c1-3-12-10-6-4-5-7-11(10)18(15,16)9-8-17(2,13)14/h10-12H,3-9H2,1-2H3. The van der Waals surface area contributed by atoms with Crippen LogP contribution in [0.5, 0.6) is 0 Å². The van der Waals surface area contributed by atoms with Crippen molar-refractivity contribution in [1.82, 2.24) is 5.32 Å². The van der Waals surface area contributed by atoms with Crippen molar-refractivity contribution in [3.63, 3.8) is 0 Å². The summed E-state index contributed by atoms with van der Waals surface area (Å²) < 4.78 is 46.6. The van der Waals surface area contributed by atoms with Crippen LogP contribution < -0.4 is 5.32 Å². The molecule has 0 radical (unpaired) electrons. The Bertz CT molecular complexity index is 453. The number of hydrogen-bond donors (Lipinski definition) is 1. The van der Waals surface area contributed by atoms with Crippen molar-refractivity contribution in [2.24, 2.45) is 0 Å². The zero-order chi connectivity index (χ0) is 13.8. The maximum Gasteiger partial charge on any atom is 0.155 e. The van der Waals surface area contributed by atoms with E-state index in [0.29, 0.717) is 6.42 Å². The first kappa shape index (κ1) is 15.9. The van der Waals surface area contributed by atoms with Crippen LogP contribution in [0.3, 0.4) is 0 Å². The molecule has 1 rings (SSSR count). The first-order chi connectivity index (χ1) is 8.26. The predicted molar refractivity (Wildman–Crippen MR) is 73.2 cm³/mol. The third-order valence-electron chi connectivity index (χ3n) is 3.37. The highest BCUT2D eigenvalue weighted by Gasteiger charge is 2.35. The van der Waals surface area contributed by atoms with Crippen molar-refractivity contribution in [3.8, 4) is 0 Å². The molecule has 0 aromatic carbocycles. The SMILES string of the molecule is CCNC1CCCCC1S(=O)(=O)CCS(C)(=O)=O. The Morgan fingerprint density at radius 3 is 2.22 bits per heavy atom. The maximum atomic E-state index is 12.2. The molecule has 2 unspecified atom stereocenters. The Morgan fingerprint density at radius 1 is 1.06 bits per heavy atom. The van der Waals surface area contributed by atoms with Crippen molar-refractivity contribution in [3.05, 3.63) is 0 Å². The topological polar surface area (TPSA) is 80.3 Å². The summed E-state index contributed by atoms with van der Waals surface area (Å²) in [4.78, 5) is 0. The lowest BCUT2D eigenvalue weighted by Gasteiger charge is -2.31. The van der Waals surface area contributed by atoms with Gasteiger partial charge < -0.3 is 5.32 Å². The van der Waals surface area contributed by atoms with Gasteiger partial charge in [0.1, 0.15) is 9.84 Å². The molecule has 108 valence electrons. The molecular weight excluding hydrogens is 274 g/mol. The second-order valence-electron chi connectivity index (χ2n) is 4.98. The molecular formula is C11H23NO4S2. The van der Waals surface area contributed by atoms with Crippen molar-refractivity contribution in [1.29, 1.82) is 0 Å². The molecule has 18 heavy (non-hydrogen) atoms. The molecule has 0 bridgehead atoms. The second-order valence-corrected chi connectivity index (χ2v) is 9.58. The summed E-state index contributed by atoms with van der Waals surface area (Å²) in [6.07, 6.45) is 4.52. The summed E-state index contributed by atoms with van der Waals surface area (Å²) >= 11 is 0. The molecule has 0 amide bonds. The van der Waals surface area contributed by atoms with Gasteiger partial charge in [0.2, 0.25) is 0 Å². The fourth-order valence-corrected chi connectivity index (χ4v) is 6.14. The lowest BCUT2D eigenvalue weighted by Crippen LogP contribution is -2.47. The van der Waals surface area contributed by atoms with Crippen molar-refractivity contribution in [2.75, 3.05) is 24.3 Å². The molecule has 0 heterocycles. The zero-order valence-electron chi connectivity index (χ0n) is 11.1. The molecule has 5 nitrogen and oxygen atoms in total. The van der Waals surface area contributed by atoms with Crippen LogP contribution in [-0.4, -0.2) is 52.4 Å². The fourth-order valence-electron chi connectivity index (χ4n) is 2.44. The minimum atomic E-state index is -3.33. The van der Waals surface area contributed by atoms with Gasteiger partial charge in [-0.2, -0.15) is 0 Å². The minimum Gasteiger partial charge on any atom is -0.313 e. The van der Waals surface area contributed by atoms with Crippen LogP contribution in [0.25, 0.3) is 0 Å². The molecule has 1 aliphatic rings. The van der Waals surface area contributed by atoms with Crippen LogP contribution in [-0.2, 0) is 19.7 Å². The van der Waals surface area contributed by atoms with Gasteiger partial charge >= 0.3 is 0 Å². The number of sulfone groups is 2. The summed E-state index contributed by atoms with van der Waals surface area (Å²) in [5, 5.41) is 2.79. The summed E-state index contributed by atoms with van der Waals surface area (Å²) in [6, 6.07) is -0.0201. The Morgan fingerprint density at radius 2 is 1.67 bits per heavy atom. The monoisotopic (exact) mass is 297 g/mol. The molecule has 0 spiro atoms. The van der Waals surface area contributed by atoms with Crippen molar-refractivity contribution < 1.29 is 16.8 Å². The smallest absolute Gasteiger partial charge is 0.155 e. The van der Waals surface area contributed by atoms with Gasteiger partial charge in [-0.15, -0.1) is 0 Å². The van der Waals surface area contributed by atoms with Gasteiger partial charge in [0.25, 0.3) is 0 Å². The molecule has 1 saturated carbocycles. The Hall–Kier alpha value is -0.140. The lowest BCUT2D eigenvalue weighted by molar-refractivity contribution is 0.377. The van der Waals surface area contributed by atoms with Gasteiger partial charge in [-0.3, -0.25) is 0 Å². The van der Waals surface area contributed by atoms with Gasteiger partial charge in [0, 0.05) is 12.3 Å². The highest BCUT2D eigenvalue weighted by atomic mass is 32.2. The minimum absolute atomic E-state index is 0.0201. The molecule has 2 atom stereocenters. The molecule has 0 saturated heterocycles. The van der Waals surface area contributed by atoms with Crippen LogP contribution in [0.4, 0.5) is 0 Å². The number of nitrogens with one attached hydrogen (secondary N) is 1.